The normalized spacial score (nSPS) is 34.8. The summed E-state index contributed by atoms with van der Waals surface area (Å²) >= 11 is 3.05. The zero-order valence-corrected chi connectivity index (χ0v) is 24.4. The van der Waals surface area contributed by atoms with E-state index in [0.29, 0.717) is 15.6 Å². The van der Waals surface area contributed by atoms with Gasteiger partial charge in [-0.1, -0.05) is 11.8 Å². The number of methoxy groups -OCH3 is 3. The van der Waals surface area contributed by atoms with Crippen molar-refractivity contribution in [3.05, 3.63) is 14.7 Å². The van der Waals surface area contributed by atoms with Crippen LogP contribution in [0.15, 0.2) is 0 Å². The van der Waals surface area contributed by atoms with Gasteiger partial charge in [-0.05, 0) is 55.8 Å². The summed E-state index contributed by atoms with van der Waals surface area (Å²) in [5.74, 6) is 0.540. The molecule has 10 nitrogen and oxygen atoms in total. The number of rotatable bonds is 7. The Hall–Kier alpha value is -0.870. The van der Waals surface area contributed by atoms with Crippen LogP contribution in [0.25, 0.3) is 0 Å². The summed E-state index contributed by atoms with van der Waals surface area (Å²) in [6.45, 7) is 7.14. The molecule has 1 aromatic carbocycles. The molecule has 0 spiro atoms. The van der Waals surface area contributed by atoms with Crippen molar-refractivity contribution in [2.24, 2.45) is 0 Å². The second-order valence-corrected chi connectivity index (χ2v) is 11.3. The lowest BCUT2D eigenvalue weighted by molar-refractivity contribution is -0.273. The fourth-order valence-corrected chi connectivity index (χ4v) is 6.41. The highest BCUT2D eigenvalue weighted by atomic mass is 127. The first kappa shape index (κ1) is 29.7. The minimum absolute atomic E-state index is 0.0883. The highest BCUT2D eigenvalue weighted by molar-refractivity contribution is 14.1. The van der Waals surface area contributed by atoms with Gasteiger partial charge in [-0.2, -0.15) is 0 Å². The van der Waals surface area contributed by atoms with Gasteiger partial charge in [0.2, 0.25) is 17.2 Å². The molecule has 0 radical (unpaired) electrons. The fraction of sp³-hybridized carbons (Fsp3) is 0.708. The first-order chi connectivity index (χ1) is 17.0. The number of halogens is 1. The van der Waals surface area contributed by atoms with Crippen LogP contribution in [0.4, 0.5) is 0 Å². The topological polar surface area (TPSA) is 133 Å². The van der Waals surface area contributed by atoms with Gasteiger partial charge in [0.1, 0.15) is 18.3 Å². The Morgan fingerprint density at radius 1 is 0.972 bits per heavy atom. The van der Waals surface area contributed by atoms with E-state index < -0.39 is 42.1 Å². The number of aliphatic hydroxyl groups excluding tert-OH is 3. The molecule has 0 saturated carbocycles. The van der Waals surface area contributed by atoms with Gasteiger partial charge in [0.25, 0.3) is 0 Å². The molecule has 3 rings (SSSR count). The van der Waals surface area contributed by atoms with E-state index in [1.54, 1.807) is 13.8 Å². The van der Waals surface area contributed by atoms with Crippen molar-refractivity contribution in [1.29, 1.82) is 0 Å². The Labute approximate surface area is 229 Å². The number of hydrogen-bond acceptors (Lipinski definition) is 11. The number of thioether (sulfide) groups is 1. The number of aliphatic hydroxyl groups is 3. The van der Waals surface area contributed by atoms with E-state index in [1.807, 2.05) is 36.4 Å². The summed E-state index contributed by atoms with van der Waals surface area (Å²) in [4.78, 5) is 13.5. The van der Waals surface area contributed by atoms with Crippen molar-refractivity contribution in [3.8, 4) is 17.2 Å². The Morgan fingerprint density at radius 3 is 2.17 bits per heavy atom. The van der Waals surface area contributed by atoms with Crippen LogP contribution in [0.1, 0.15) is 43.1 Å². The highest BCUT2D eigenvalue weighted by Crippen LogP contribution is 2.48. The van der Waals surface area contributed by atoms with Crippen LogP contribution >= 0.6 is 34.4 Å². The van der Waals surface area contributed by atoms with Gasteiger partial charge in [-0.25, -0.2) is 0 Å². The van der Waals surface area contributed by atoms with Crippen LogP contribution in [-0.2, 0) is 14.2 Å². The number of benzene rings is 1. The van der Waals surface area contributed by atoms with Crippen LogP contribution in [0.2, 0.25) is 0 Å². The summed E-state index contributed by atoms with van der Waals surface area (Å²) in [5, 5.41) is 30.8. The van der Waals surface area contributed by atoms with E-state index in [2.05, 4.69) is 0 Å². The fourth-order valence-electron chi connectivity index (χ4n) is 4.63. The lowest BCUT2D eigenvalue weighted by Gasteiger charge is -2.40. The molecular formula is C24H35IO10S. The minimum atomic E-state index is -1.29. The average Bonchev–Trinajstić information content (AvgIpc) is 2.82. The van der Waals surface area contributed by atoms with Gasteiger partial charge in [0.05, 0.1) is 53.0 Å². The molecule has 9 atom stereocenters. The molecule has 9 unspecified atom stereocenters. The molecule has 3 N–H and O–H groups in total. The Morgan fingerprint density at radius 2 is 1.61 bits per heavy atom. The third-order valence-electron chi connectivity index (χ3n) is 6.55. The van der Waals surface area contributed by atoms with Crippen molar-refractivity contribution in [2.45, 2.75) is 88.4 Å². The standard InChI is InChI=1S/C24H35IO10S/c1-9-8-13(26)22(12(4)33-9)36-23(29)14-10(2)15(25)19(21(32-7)18(14)30-5)35-24-17(28)20(31-6)16(27)11(3)34-24/h9,11-13,16-17,20,22,24,26-28H,8H2,1-7H3. The molecule has 2 saturated heterocycles. The molecule has 2 heterocycles. The van der Waals surface area contributed by atoms with Gasteiger partial charge < -0.3 is 43.7 Å². The number of carbonyl (C=O) groups excluding carboxylic acids is 1. The van der Waals surface area contributed by atoms with Crippen molar-refractivity contribution in [3.63, 3.8) is 0 Å². The zero-order valence-electron chi connectivity index (χ0n) is 21.4. The number of hydrogen-bond donors (Lipinski definition) is 3. The Bertz CT molecular complexity index is 934. The van der Waals surface area contributed by atoms with Crippen LogP contribution in [0, 0.1) is 10.5 Å². The summed E-state index contributed by atoms with van der Waals surface area (Å²) in [6.07, 6.45) is -5.74. The van der Waals surface area contributed by atoms with E-state index in [1.165, 1.54) is 21.3 Å². The summed E-state index contributed by atoms with van der Waals surface area (Å²) in [6, 6.07) is 0. The SMILES string of the molecule is COc1c(OC2OC(C)C(O)C(OC)C2O)c(I)c(C)c(C(=O)SC2C(O)CC(C)OC2C)c1OC. The number of carbonyl (C=O) groups is 1. The molecule has 204 valence electrons. The van der Waals surface area contributed by atoms with Crippen LogP contribution in [-0.4, -0.2) is 96.0 Å². The molecule has 2 fully saturated rings. The molecule has 0 bridgehead atoms. The smallest absolute Gasteiger partial charge is 0.229 e. The maximum atomic E-state index is 13.5. The second kappa shape index (κ2) is 12.3. The van der Waals surface area contributed by atoms with Crippen LogP contribution < -0.4 is 14.2 Å². The summed E-state index contributed by atoms with van der Waals surface area (Å²) < 4.78 is 34.7. The monoisotopic (exact) mass is 642 g/mol. The van der Waals surface area contributed by atoms with Crippen molar-refractivity contribution in [1.82, 2.24) is 0 Å². The van der Waals surface area contributed by atoms with Gasteiger partial charge in [0, 0.05) is 13.5 Å². The minimum Gasteiger partial charge on any atom is -0.492 e. The first-order valence-electron chi connectivity index (χ1n) is 11.7. The van der Waals surface area contributed by atoms with Crippen molar-refractivity contribution >= 4 is 39.5 Å². The lowest BCUT2D eigenvalue weighted by atomic mass is 9.99. The molecule has 0 amide bonds. The molecule has 2 aliphatic rings. The maximum absolute atomic E-state index is 13.5. The molecule has 0 aliphatic carbocycles. The van der Waals surface area contributed by atoms with Crippen molar-refractivity contribution < 1.29 is 48.5 Å². The van der Waals surface area contributed by atoms with Crippen molar-refractivity contribution in [2.75, 3.05) is 21.3 Å². The summed E-state index contributed by atoms with van der Waals surface area (Å²) in [7, 11) is 4.23. The predicted octanol–water partition coefficient (Wildman–Crippen LogP) is 2.28. The van der Waals surface area contributed by atoms with E-state index in [4.69, 9.17) is 28.4 Å². The van der Waals surface area contributed by atoms with E-state index >= 15 is 0 Å². The molecule has 0 aromatic heterocycles. The third kappa shape index (κ3) is 5.75. The van der Waals surface area contributed by atoms with Crippen LogP contribution in [0.5, 0.6) is 17.2 Å². The predicted molar refractivity (Wildman–Crippen MR) is 141 cm³/mol. The Balaban J connectivity index is 1.97. The van der Waals surface area contributed by atoms with Gasteiger partial charge in [-0.15, -0.1) is 0 Å². The van der Waals surface area contributed by atoms with E-state index in [0.717, 1.165) is 11.8 Å². The number of ether oxygens (including phenoxy) is 6. The largest absolute Gasteiger partial charge is 0.492 e. The quantitative estimate of drug-likeness (QED) is 0.379. The molecule has 12 heteroatoms. The molecule has 1 aromatic rings. The lowest BCUT2D eigenvalue weighted by Crippen LogP contribution is -2.59. The van der Waals surface area contributed by atoms with E-state index in [9.17, 15) is 20.1 Å². The van der Waals surface area contributed by atoms with Crippen LogP contribution in [0.3, 0.4) is 0 Å². The van der Waals surface area contributed by atoms with Gasteiger partial charge in [-0.3, -0.25) is 4.79 Å². The second-order valence-electron chi connectivity index (χ2n) is 9.04. The maximum Gasteiger partial charge on any atom is 0.229 e. The zero-order chi connectivity index (χ0) is 26.9. The molecule has 2 aliphatic heterocycles. The molecule has 36 heavy (non-hydrogen) atoms. The summed E-state index contributed by atoms with van der Waals surface area (Å²) in [5.41, 5.74) is 0.868. The molecular weight excluding hydrogens is 607 g/mol. The van der Waals surface area contributed by atoms with E-state index in [-0.39, 0.29) is 40.1 Å². The third-order valence-corrected chi connectivity index (χ3v) is 9.24. The van der Waals surface area contributed by atoms with Gasteiger partial charge >= 0.3 is 0 Å². The highest BCUT2D eigenvalue weighted by Gasteiger charge is 2.45. The Kier molecular flexibility index (Phi) is 10.2. The first-order valence-corrected chi connectivity index (χ1v) is 13.6. The van der Waals surface area contributed by atoms with Gasteiger partial charge in [0.15, 0.2) is 11.5 Å². The average molecular weight is 643 g/mol.